The zero-order chi connectivity index (χ0) is 13.2. The van der Waals surface area contributed by atoms with E-state index in [-0.39, 0.29) is 17.3 Å². The van der Waals surface area contributed by atoms with E-state index in [4.69, 9.17) is 5.73 Å². The number of para-hydroxylation sites is 1. The second-order valence-corrected chi connectivity index (χ2v) is 3.98. The van der Waals surface area contributed by atoms with Crippen molar-refractivity contribution in [3.63, 3.8) is 0 Å². The topological polar surface area (TPSA) is 89.6 Å². The van der Waals surface area contributed by atoms with E-state index in [1.54, 1.807) is 18.3 Å². The zero-order valence-corrected chi connectivity index (χ0v) is 9.95. The van der Waals surface area contributed by atoms with E-state index in [1.807, 2.05) is 30.3 Å². The van der Waals surface area contributed by atoms with Crippen molar-refractivity contribution >= 4 is 11.6 Å². The lowest BCUT2D eigenvalue weighted by Crippen LogP contribution is -2.07. The second-order valence-electron chi connectivity index (χ2n) is 3.98. The Balaban J connectivity index is 2.02. The van der Waals surface area contributed by atoms with E-state index >= 15 is 0 Å². The molecule has 2 aromatic heterocycles. The van der Waals surface area contributed by atoms with E-state index < -0.39 is 0 Å². The second kappa shape index (κ2) is 4.41. The first-order valence-electron chi connectivity index (χ1n) is 5.72. The van der Waals surface area contributed by atoms with Crippen molar-refractivity contribution in [3.05, 3.63) is 60.0 Å². The third kappa shape index (κ3) is 1.89. The normalized spacial score (nSPS) is 10.5. The van der Waals surface area contributed by atoms with Crippen molar-refractivity contribution in [1.29, 1.82) is 0 Å². The molecule has 0 aliphatic rings. The number of rotatable bonds is 3. The fourth-order valence-electron chi connectivity index (χ4n) is 1.81. The number of hydrogen-bond acceptors (Lipinski definition) is 4. The van der Waals surface area contributed by atoms with Gasteiger partial charge in [0.2, 0.25) is 5.78 Å². The van der Waals surface area contributed by atoms with Gasteiger partial charge in [-0.1, -0.05) is 23.4 Å². The molecule has 3 rings (SSSR count). The first kappa shape index (κ1) is 11.2. The molecule has 94 valence electrons. The molecular weight excluding hydrogens is 242 g/mol. The number of H-pyrrole nitrogens is 1. The molecule has 3 aromatic rings. The van der Waals surface area contributed by atoms with Gasteiger partial charge in [-0.05, 0) is 24.3 Å². The number of carbonyl (C=O) groups excluding carboxylic acids is 1. The maximum atomic E-state index is 12.1. The van der Waals surface area contributed by atoms with Gasteiger partial charge in [-0.15, -0.1) is 5.10 Å². The van der Waals surface area contributed by atoms with Gasteiger partial charge in [0.1, 0.15) is 0 Å². The van der Waals surface area contributed by atoms with Crippen LogP contribution in [-0.4, -0.2) is 25.8 Å². The van der Waals surface area contributed by atoms with Crippen LogP contribution in [0.1, 0.15) is 16.2 Å². The Hall–Kier alpha value is -2.89. The van der Waals surface area contributed by atoms with Gasteiger partial charge in [-0.25, -0.2) is 0 Å². The lowest BCUT2D eigenvalue weighted by molar-refractivity contribution is 0.103. The summed E-state index contributed by atoms with van der Waals surface area (Å²) < 4.78 is 1.44. The lowest BCUT2D eigenvalue weighted by Gasteiger charge is -2.02. The standard InChI is InChI=1S/C13H11N5O/c14-13-11(12(19)10-7-4-8-15-10)16-17-18(13)9-5-2-1-3-6-9/h1-8,15H,14H2. The van der Waals surface area contributed by atoms with Crippen LogP contribution in [0.2, 0.25) is 0 Å². The molecule has 19 heavy (non-hydrogen) atoms. The number of nitrogen functional groups attached to an aromatic ring is 1. The monoisotopic (exact) mass is 253 g/mol. The molecule has 0 radical (unpaired) electrons. The quantitative estimate of drug-likeness (QED) is 0.690. The number of nitrogens with one attached hydrogen (secondary N) is 1. The van der Waals surface area contributed by atoms with Gasteiger partial charge in [-0.2, -0.15) is 4.68 Å². The maximum absolute atomic E-state index is 12.1. The smallest absolute Gasteiger partial charge is 0.233 e. The Morgan fingerprint density at radius 1 is 1.16 bits per heavy atom. The number of carbonyl (C=O) groups is 1. The summed E-state index contributed by atoms with van der Waals surface area (Å²) in [6, 6.07) is 12.7. The third-order valence-electron chi connectivity index (χ3n) is 2.76. The van der Waals surface area contributed by atoms with Gasteiger partial charge in [0.25, 0.3) is 0 Å². The predicted octanol–water partition coefficient (Wildman–Crippen LogP) is 1.41. The van der Waals surface area contributed by atoms with Crippen LogP contribution in [0.5, 0.6) is 0 Å². The van der Waals surface area contributed by atoms with Gasteiger partial charge in [-0.3, -0.25) is 4.79 Å². The van der Waals surface area contributed by atoms with Crippen molar-refractivity contribution in [1.82, 2.24) is 20.0 Å². The van der Waals surface area contributed by atoms with E-state index in [0.29, 0.717) is 5.69 Å². The predicted molar refractivity (Wildman–Crippen MR) is 70.0 cm³/mol. The minimum absolute atomic E-state index is 0.145. The molecule has 0 saturated heterocycles. The number of nitrogens with zero attached hydrogens (tertiary/aromatic N) is 3. The minimum atomic E-state index is -0.273. The van der Waals surface area contributed by atoms with E-state index in [1.165, 1.54) is 4.68 Å². The van der Waals surface area contributed by atoms with Crippen molar-refractivity contribution in [3.8, 4) is 5.69 Å². The summed E-state index contributed by atoms with van der Waals surface area (Å²) in [4.78, 5) is 15.0. The van der Waals surface area contributed by atoms with Crippen molar-refractivity contribution in [2.75, 3.05) is 5.73 Å². The Bertz CT molecular complexity index is 700. The summed E-state index contributed by atoms with van der Waals surface area (Å²) in [7, 11) is 0. The van der Waals surface area contributed by atoms with Crippen LogP contribution in [0.25, 0.3) is 5.69 Å². The van der Waals surface area contributed by atoms with Gasteiger partial charge >= 0.3 is 0 Å². The van der Waals surface area contributed by atoms with Gasteiger partial charge < -0.3 is 10.7 Å². The fourth-order valence-corrected chi connectivity index (χ4v) is 1.81. The molecule has 0 atom stereocenters. The van der Waals surface area contributed by atoms with Gasteiger partial charge in [0.15, 0.2) is 11.5 Å². The fraction of sp³-hybridized carbons (Fsp3) is 0. The number of anilines is 1. The largest absolute Gasteiger partial charge is 0.382 e. The summed E-state index contributed by atoms with van der Waals surface area (Å²) in [6.45, 7) is 0. The Kier molecular flexibility index (Phi) is 2.60. The number of hydrogen-bond donors (Lipinski definition) is 2. The van der Waals surface area contributed by atoms with Crippen LogP contribution >= 0.6 is 0 Å². The Morgan fingerprint density at radius 2 is 1.95 bits per heavy atom. The lowest BCUT2D eigenvalue weighted by atomic mass is 10.2. The van der Waals surface area contributed by atoms with Crippen LogP contribution < -0.4 is 5.73 Å². The van der Waals surface area contributed by atoms with Crippen LogP contribution in [0, 0.1) is 0 Å². The molecule has 0 aliphatic carbocycles. The van der Waals surface area contributed by atoms with E-state index in [0.717, 1.165) is 5.69 Å². The van der Waals surface area contributed by atoms with Crippen LogP contribution in [0.4, 0.5) is 5.82 Å². The molecule has 0 spiro atoms. The molecule has 0 bridgehead atoms. The molecule has 0 unspecified atom stereocenters. The summed E-state index contributed by atoms with van der Waals surface area (Å²) in [6.07, 6.45) is 1.67. The molecule has 0 amide bonds. The molecule has 0 aliphatic heterocycles. The number of aromatic nitrogens is 4. The molecule has 3 N–H and O–H groups in total. The number of aromatic amines is 1. The van der Waals surface area contributed by atoms with Gasteiger partial charge in [0.05, 0.1) is 11.4 Å². The maximum Gasteiger partial charge on any atom is 0.233 e. The highest BCUT2D eigenvalue weighted by molar-refractivity contribution is 6.09. The van der Waals surface area contributed by atoms with Crippen LogP contribution in [0.15, 0.2) is 48.7 Å². The van der Waals surface area contributed by atoms with E-state index in [2.05, 4.69) is 15.3 Å². The highest BCUT2D eigenvalue weighted by atomic mass is 16.1. The minimum Gasteiger partial charge on any atom is -0.382 e. The van der Waals surface area contributed by atoms with Gasteiger partial charge in [0, 0.05) is 6.20 Å². The average Bonchev–Trinajstić information content (AvgIpc) is 3.08. The molecule has 6 nitrogen and oxygen atoms in total. The number of benzene rings is 1. The molecule has 0 fully saturated rings. The molecule has 1 aromatic carbocycles. The summed E-state index contributed by atoms with van der Waals surface area (Å²) >= 11 is 0. The van der Waals surface area contributed by atoms with Crippen molar-refractivity contribution in [2.24, 2.45) is 0 Å². The Morgan fingerprint density at radius 3 is 2.63 bits per heavy atom. The Labute approximate surface area is 108 Å². The molecule has 0 saturated carbocycles. The molecular formula is C13H11N5O. The molecule has 2 heterocycles. The SMILES string of the molecule is Nc1c(C(=O)c2ccc[nH]2)nnn1-c1ccccc1. The highest BCUT2D eigenvalue weighted by Crippen LogP contribution is 2.17. The van der Waals surface area contributed by atoms with E-state index in [9.17, 15) is 4.79 Å². The summed E-state index contributed by atoms with van der Waals surface area (Å²) in [5, 5.41) is 7.79. The first-order valence-corrected chi connectivity index (χ1v) is 5.72. The van der Waals surface area contributed by atoms with Crippen molar-refractivity contribution in [2.45, 2.75) is 0 Å². The third-order valence-corrected chi connectivity index (χ3v) is 2.76. The summed E-state index contributed by atoms with van der Waals surface area (Å²) in [5.41, 5.74) is 7.29. The molecule has 6 heteroatoms. The van der Waals surface area contributed by atoms with Crippen LogP contribution in [-0.2, 0) is 0 Å². The van der Waals surface area contributed by atoms with Crippen LogP contribution in [0.3, 0.4) is 0 Å². The van der Waals surface area contributed by atoms with Crippen molar-refractivity contribution < 1.29 is 4.79 Å². The number of nitrogens with two attached hydrogens (primary N) is 1. The average molecular weight is 253 g/mol. The highest BCUT2D eigenvalue weighted by Gasteiger charge is 2.20. The zero-order valence-electron chi connectivity index (χ0n) is 9.95. The number of ketones is 1. The summed E-state index contributed by atoms with van der Waals surface area (Å²) in [5.74, 6) is -0.0459. The first-order chi connectivity index (χ1) is 9.27.